The third-order valence-electron chi connectivity index (χ3n) is 4.25. The molecule has 3 N–H and O–H groups in total. The Kier molecular flexibility index (Phi) is 4.42. The van der Waals surface area contributed by atoms with Crippen LogP contribution in [0.15, 0.2) is 0 Å². The van der Waals surface area contributed by atoms with Crippen LogP contribution in [0.5, 0.6) is 0 Å². The largest absolute Gasteiger partial charge is 0.481 e. The van der Waals surface area contributed by atoms with Gasteiger partial charge in [-0.3, -0.25) is 9.59 Å². The summed E-state index contributed by atoms with van der Waals surface area (Å²) in [6, 6.07) is -0.663. The lowest BCUT2D eigenvalue weighted by molar-refractivity contribution is -0.152. The SMILES string of the molecule is CC1(C(=O)O)CCCCC1NC(=O)C1COCCN1. The average Bonchev–Trinajstić information content (AvgIpc) is 2.42. The molecule has 1 aliphatic carbocycles. The zero-order valence-electron chi connectivity index (χ0n) is 11.3. The fourth-order valence-corrected chi connectivity index (χ4v) is 2.83. The minimum Gasteiger partial charge on any atom is -0.481 e. The van der Waals surface area contributed by atoms with Crippen molar-refractivity contribution < 1.29 is 19.4 Å². The summed E-state index contributed by atoms with van der Waals surface area (Å²) in [5.41, 5.74) is -0.858. The first-order valence-corrected chi connectivity index (χ1v) is 6.89. The van der Waals surface area contributed by atoms with Crippen LogP contribution in [0.1, 0.15) is 32.6 Å². The lowest BCUT2D eigenvalue weighted by atomic mass is 9.71. The van der Waals surface area contributed by atoms with Crippen LogP contribution in [0.3, 0.4) is 0 Å². The van der Waals surface area contributed by atoms with Crippen molar-refractivity contribution in [3.8, 4) is 0 Å². The highest BCUT2D eigenvalue weighted by Gasteiger charge is 2.44. The summed E-state index contributed by atoms with van der Waals surface area (Å²) < 4.78 is 5.25. The lowest BCUT2D eigenvalue weighted by Crippen LogP contribution is -2.58. The van der Waals surface area contributed by atoms with E-state index in [-0.39, 0.29) is 18.0 Å². The number of morpholine rings is 1. The summed E-state index contributed by atoms with van der Waals surface area (Å²) in [6.45, 7) is 3.34. The molecule has 0 bridgehead atoms. The first-order valence-electron chi connectivity index (χ1n) is 6.89. The molecule has 2 aliphatic rings. The van der Waals surface area contributed by atoms with Crippen LogP contribution in [0.25, 0.3) is 0 Å². The van der Waals surface area contributed by atoms with Crippen LogP contribution < -0.4 is 10.6 Å². The molecule has 0 aromatic carbocycles. The Bertz CT molecular complexity index is 355. The fourth-order valence-electron chi connectivity index (χ4n) is 2.83. The van der Waals surface area contributed by atoms with Gasteiger partial charge in [0.15, 0.2) is 0 Å². The molecule has 1 aliphatic heterocycles. The number of nitrogens with one attached hydrogen (secondary N) is 2. The summed E-state index contributed by atoms with van der Waals surface area (Å²) in [7, 11) is 0. The van der Waals surface area contributed by atoms with Gasteiger partial charge >= 0.3 is 5.97 Å². The summed E-state index contributed by atoms with van der Waals surface area (Å²) in [5.74, 6) is -0.982. The van der Waals surface area contributed by atoms with Gasteiger partial charge in [-0.05, 0) is 19.8 Å². The maximum absolute atomic E-state index is 12.1. The monoisotopic (exact) mass is 270 g/mol. The first kappa shape index (κ1) is 14.3. The van der Waals surface area contributed by atoms with E-state index in [1.54, 1.807) is 6.92 Å². The van der Waals surface area contributed by atoms with E-state index in [1.807, 2.05) is 0 Å². The van der Waals surface area contributed by atoms with Gasteiger partial charge in [0.05, 0.1) is 18.6 Å². The molecule has 19 heavy (non-hydrogen) atoms. The van der Waals surface area contributed by atoms with E-state index >= 15 is 0 Å². The van der Waals surface area contributed by atoms with E-state index in [0.717, 1.165) is 19.3 Å². The molecule has 2 fully saturated rings. The fraction of sp³-hybridized carbons (Fsp3) is 0.846. The number of carbonyl (C=O) groups excluding carboxylic acids is 1. The number of ether oxygens (including phenoxy) is 1. The van der Waals surface area contributed by atoms with Crippen molar-refractivity contribution >= 4 is 11.9 Å². The highest BCUT2D eigenvalue weighted by Crippen LogP contribution is 2.36. The zero-order valence-corrected chi connectivity index (χ0v) is 11.3. The Hall–Kier alpha value is -1.14. The summed E-state index contributed by atoms with van der Waals surface area (Å²) in [6.07, 6.45) is 3.20. The Morgan fingerprint density at radius 3 is 2.84 bits per heavy atom. The third-order valence-corrected chi connectivity index (χ3v) is 4.25. The average molecular weight is 270 g/mol. The van der Waals surface area contributed by atoms with E-state index in [0.29, 0.717) is 26.2 Å². The van der Waals surface area contributed by atoms with Crippen LogP contribution in [0.2, 0.25) is 0 Å². The van der Waals surface area contributed by atoms with Crippen LogP contribution in [-0.2, 0) is 14.3 Å². The minimum absolute atomic E-state index is 0.154. The maximum atomic E-state index is 12.1. The quantitative estimate of drug-likeness (QED) is 0.678. The van der Waals surface area contributed by atoms with Gasteiger partial charge in [0.1, 0.15) is 6.04 Å². The molecule has 2 rings (SSSR count). The van der Waals surface area contributed by atoms with Crippen molar-refractivity contribution in [2.45, 2.75) is 44.7 Å². The second-order valence-corrected chi connectivity index (χ2v) is 5.61. The predicted molar refractivity (Wildman–Crippen MR) is 68.8 cm³/mol. The van der Waals surface area contributed by atoms with Crippen LogP contribution >= 0.6 is 0 Å². The second kappa shape index (κ2) is 5.88. The first-order chi connectivity index (χ1) is 9.04. The van der Waals surface area contributed by atoms with Gasteiger partial charge in [-0.15, -0.1) is 0 Å². The lowest BCUT2D eigenvalue weighted by Gasteiger charge is -2.39. The highest BCUT2D eigenvalue weighted by atomic mass is 16.5. The molecule has 3 unspecified atom stereocenters. The molecule has 1 amide bonds. The van der Waals surface area contributed by atoms with E-state index in [9.17, 15) is 14.7 Å². The van der Waals surface area contributed by atoms with Crippen molar-refractivity contribution in [2.75, 3.05) is 19.8 Å². The minimum atomic E-state index is -0.858. The van der Waals surface area contributed by atoms with Crippen molar-refractivity contribution in [1.82, 2.24) is 10.6 Å². The molecule has 108 valence electrons. The van der Waals surface area contributed by atoms with Gasteiger partial charge in [0, 0.05) is 12.6 Å². The molecule has 1 heterocycles. The standard InChI is InChI=1S/C13H22N2O4/c1-13(12(17)18)5-3-2-4-10(13)15-11(16)9-8-19-7-6-14-9/h9-10,14H,2-8H2,1H3,(H,15,16)(H,17,18). The molecule has 0 aromatic rings. The Balaban J connectivity index is 1.99. The van der Waals surface area contributed by atoms with Gasteiger partial charge in [-0.1, -0.05) is 12.8 Å². The third kappa shape index (κ3) is 3.06. The zero-order chi connectivity index (χ0) is 13.9. The number of carboxylic acid groups (broad SMARTS) is 1. The van der Waals surface area contributed by atoms with Crippen LogP contribution in [0, 0.1) is 5.41 Å². The number of amides is 1. The Morgan fingerprint density at radius 2 is 2.21 bits per heavy atom. The summed E-state index contributed by atoms with van der Waals surface area (Å²) in [5, 5.41) is 15.4. The van der Waals surface area contributed by atoms with Crippen LogP contribution in [0.4, 0.5) is 0 Å². The molecule has 0 spiro atoms. The van der Waals surface area contributed by atoms with Crippen molar-refractivity contribution in [3.05, 3.63) is 0 Å². The summed E-state index contributed by atoms with van der Waals surface area (Å²) >= 11 is 0. The molecular formula is C13H22N2O4. The van der Waals surface area contributed by atoms with Crippen molar-refractivity contribution in [1.29, 1.82) is 0 Å². The molecule has 3 atom stereocenters. The van der Waals surface area contributed by atoms with Gasteiger partial charge in [0.25, 0.3) is 0 Å². The van der Waals surface area contributed by atoms with Gasteiger partial charge in [0.2, 0.25) is 5.91 Å². The van der Waals surface area contributed by atoms with Crippen molar-refractivity contribution in [2.24, 2.45) is 5.41 Å². The smallest absolute Gasteiger partial charge is 0.311 e. The predicted octanol–water partition coefficient (Wildman–Crippen LogP) is 0.125. The normalized spacial score (nSPS) is 35.6. The van der Waals surface area contributed by atoms with E-state index in [2.05, 4.69) is 10.6 Å². The topological polar surface area (TPSA) is 87.7 Å². The van der Waals surface area contributed by atoms with E-state index < -0.39 is 11.4 Å². The number of hydrogen-bond donors (Lipinski definition) is 3. The number of rotatable bonds is 3. The van der Waals surface area contributed by atoms with Gasteiger partial charge < -0.3 is 20.5 Å². The maximum Gasteiger partial charge on any atom is 0.311 e. The molecule has 6 heteroatoms. The molecular weight excluding hydrogens is 248 g/mol. The van der Waals surface area contributed by atoms with E-state index in [4.69, 9.17) is 4.74 Å². The molecule has 1 saturated heterocycles. The number of aliphatic carboxylic acids is 1. The highest BCUT2D eigenvalue weighted by molar-refractivity contribution is 5.84. The molecule has 0 aromatic heterocycles. The number of carboxylic acids is 1. The van der Waals surface area contributed by atoms with E-state index in [1.165, 1.54) is 0 Å². The van der Waals surface area contributed by atoms with Crippen LogP contribution in [-0.4, -0.2) is 48.8 Å². The molecule has 0 radical (unpaired) electrons. The number of hydrogen-bond acceptors (Lipinski definition) is 4. The number of carbonyl (C=O) groups is 2. The van der Waals surface area contributed by atoms with Crippen molar-refractivity contribution in [3.63, 3.8) is 0 Å². The molecule has 1 saturated carbocycles. The summed E-state index contributed by atoms with van der Waals surface area (Å²) in [4.78, 5) is 23.6. The Labute approximate surface area is 112 Å². The van der Waals surface area contributed by atoms with Gasteiger partial charge in [-0.25, -0.2) is 0 Å². The molecule has 6 nitrogen and oxygen atoms in total. The van der Waals surface area contributed by atoms with Gasteiger partial charge in [-0.2, -0.15) is 0 Å². The second-order valence-electron chi connectivity index (χ2n) is 5.61. The Morgan fingerprint density at radius 1 is 1.42 bits per heavy atom.